The van der Waals surface area contributed by atoms with Crippen LogP contribution in [-0.2, 0) is 0 Å². The zero-order chi connectivity index (χ0) is 7.28. The summed E-state index contributed by atoms with van der Waals surface area (Å²) >= 11 is 0. The van der Waals surface area contributed by atoms with Crippen molar-refractivity contribution in [1.29, 1.82) is 0 Å². The second-order valence-corrected chi connectivity index (χ2v) is 2.77. The van der Waals surface area contributed by atoms with Crippen LogP contribution in [0.25, 0.3) is 0 Å². The van der Waals surface area contributed by atoms with Gasteiger partial charge in [-0.3, -0.25) is 10.4 Å². The molecule has 56 valence electrons. The molecule has 0 aliphatic heterocycles. The van der Waals surface area contributed by atoms with Gasteiger partial charge in [-0.05, 0) is 5.92 Å². The maximum Gasteiger partial charge on any atom is 0.0128 e. The average molecular weight is 130 g/mol. The molecule has 2 heteroatoms. The average Bonchev–Trinajstić information content (AvgIpc) is 1.83. The highest BCUT2D eigenvalue weighted by atomic mass is 15.5. The highest BCUT2D eigenvalue weighted by molar-refractivity contribution is 4.50. The predicted octanol–water partition coefficient (Wildman–Crippen LogP) is 1.10. The van der Waals surface area contributed by atoms with Gasteiger partial charge in [0.25, 0.3) is 0 Å². The largest absolute Gasteiger partial charge is 0.255 e. The fraction of sp³-hybridized carbons (Fsp3) is 1.00. The first-order chi connectivity index (χ1) is 4.16. The van der Waals surface area contributed by atoms with Gasteiger partial charge in [0, 0.05) is 20.6 Å². The number of hydrogen-bond acceptors (Lipinski definition) is 2. The summed E-state index contributed by atoms with van der Waals surface area (Å²) in [5, 5.41) is 1.99. The van der Waals surface area contributed by atoms with Crippen LogP contribution in [0.15, 0.2) is 0 Å². The van der Waals surface area contributed by atoms with Crippen molar-refractivity contribution < 1.29 is 0 Å². The number of hydrogen-bond donors (Lipinski definition) is 1. The van der Waals surface area contributed by atoms with Crippen molar-refractivity contribution >= 4 is 0 Å². The Morgan fingerprint density at radius 2 is 2.00 bits per heavy atom. The highest BCUT2D eigenvalue weighted by Crippen LogP contribution is 1.96. The third kappa shape index (κ3) is 5.80. The van der Waals surface area contributed by atoms with Crippen molar-refractivity contribution in [2.24, 2.45) is 5.92 Å². The molecule has 2 nitrogen and oxygen atoms in total. The van der Waals surface area contributed by atoms with E-state index >= 15 is 0 Å². The third-order valence-corrected chi connectivity index (χ3v) is 1.45. The van der Waals surface area contributed by atoms with Crippen molar-refractivity contribution in [2.75, 3.05) is 20.6 Å². The monoisotopic (exact) mass is 130 g/mol. The van der Waals surface area contributed by atoms with Crippen LogP contribution >= 0.6 is 0 Å². The standard InChI is InChI=1S/C7H18N2/c1-5-7(2)6-8-9(3)4/h7-8H,5-6H2,1-4H3. The Hall–Kier alpha value is -0.0800. The summed E-state index contributed by atoms with van der Waals surface area (Å²) in [6, 6.07) is 0. The molecule has 0 aliphatic carbocycles. The molecule has 0 aromatic carbocycles. The molecule has 1 atom stereocenters. The SMILES string of the molecule is CCC(C)CNN(C)C. The Balaban J connectivity index is 3.06. The summed E-state index contributed by atoms with van der Waals surface area (Å²) in [4.78, 5) is 0. The second-order valence-electron chi connectivity index (χ2n) is 2.77. The molecule has 1 unspecified atom stereocenters. The van der Waals surface area contributed by atoms with E-state index in [2.05, 4.69) is 19.3 Å². The van der Waals surface area contributed by atoms with Gasteiger partial charge in [-0.25, -0.2) is 0 Å². The Labute approximate surface area is 58.2 Å². The van der Waals surface area contributed by atoms with Gasteiger partial charge in [0.2, 0.25) is 0 Å². The van der Waals surface area contributed by atoms with Gasteiger partial charge in [0.1, 0.15) is 0 Å². The molecule has 0 heterocycles. The molecule has 0 spiro atoms. The molecule has 0 saturated carbocycles. The summed E-state index contributed by atoms with van der Waals surface area (Å²) in [5.74, 6) is 0.785. The molecule has 9 heavy (non-hydrogen) atoms. The Morgan fingerprint density at radius 1 is 1.44 bits per heavy atom. The topological polar surface area (TPSA) is 15.3 Å². The van der Waals surface area contributed by atoms with Crippen molar-refractivity contribution in [1.82, 2.24) is 10.4 Å². The molecule has 0 aliphatic rings. The van der Waals surface area contributed by atoms with Crippen LogP contribution in [0.3, 0.4) is 0 Å². The number of rotatable bonds is 4. The molecule has 0 rings (SSSR count). The second kappa shape index (κ2) is 4.77. The minimum Gasteiger partial charge on any atom is -0.255 e. The van der Waals surface area contributed by atoms with Crippen LogP contribution in [0.1, 0.15) is 20.3 Å². The van der Waals surface area contributed by atoms with Gasteiger partial charge in [-0.1, -0.05) is 20.3 Å². The summed E-state index contributed by atoms with van der Waals surface area (Å²) in [6.45, 7) is 5.54. The fourth-order valence-corrected chi connectivity index (χ4v) is 0.483. The van der Waals surface area contributed by atoms with E-state index in [1.807, 2.05) is 19.1 Å². The normalized spacial score (nSPS) is 14.3. The molecule has 0 fully saturated rings. The summed E-state index contributed by atoms with van der Waals surface area (Å²) in [7, 11) is 4.03. The Morgan fingerprint density at radius 3 is 2.33 bits per heavy atom. The first-order valence-electron chi connectivity index (χ1n) is 3.57. The van der Waals surface area contributed by atoms with E-state index in [-0.39, 0.29) is 0 Å². The van der Waals surface area contributed by atoms with E-state index in [9.17, 15) is 0 Å². The summed E-state index contributed by atoms with van der Waals surface area (Å²) in [5.41, 5.74) is 3.23. The molecular formula is C7H18N2. The first-order valence-corrected chi connectivity index (χ1v) is 3.57. The van der Waals surface area contributed by atoms with Crippen LogP contribution in [0, 0.1) is 5.92 Å². The first kappa shape index (κ1) is 8.92. The molecule has 0 bridgehead atoms. The molecule has 0 radical (unpaired) electrons. The van der Waals surface area contributed by atoms with E-state index in [4.69, 9.17) is 0 Å². The number of nitrogens with one attached hydrogen (secondary N) is 1. The van der Waals surface area contributed by atoms with Crippen LogP contribution in [0.5, 0.6) is 0 Å². The molecule has 0 aromatic heterocycles. The Bertz CT molecular complexity index is 61.9. The van der Waals surface area contributed by atoms with E-state index in [0.717, 1.165) is 12.5 Å². The lowest BCUT2D eigenvalue weighted by Gasteiger charge is -2.14. The zero-order valence-electron chi connectivity index (χ0n) is 6.94. The quantitative estimate of drug-likeness (QED) is 0.573. The van der Waals surface area contributed by atoms with Crippen molar-refractivity contribution in [2.45, 2.75) is 20.3 Å². The van der Waals surface area contributed by atoms with Crippen molar-refractivity contribution in [3.05, 3.63) is 0 Å². The fourth-order valence-electron chi connectivity index (χ4n) is 0.483. The van der Waals surface area contributed by atoms with E-state index < -0.39 is 0 Å². The van der Waals surface area contributed by atoms with Crippen LogP contribution in [0.4, 0.5) is 0 Å². The summed E-state index contributed by atoms with van der Waals surface area (Å²) in [6.07, 6.45) is 1.25. The maximum atomic E-state index is 3.23. The van der Waals surface area contributed by atoms with Gasteiger partial charge in [0.05, 0.1) is 0 Å². The van der Waals surface area contributed by atoms with Crippen molar-refractivity contribution in [3.63, 3.8) is 0 Å². The maximum absolute atomic E-state index is 3.23. The van der Waals surface area contributed by atoms with E-state index in [1.54, 1.807) is 0 Å². The highest BCUT2D eigenvalue weighted by Gasteiger charge is 1.96. The van der Waals surface area contributed by atoms with Gasteiger partial charge in [0.15, 0.2) is 0 Å². The molecule has 0 aromatic rings. The van der Waals surface area contributed by atoms with E-state index in [0.29, 0.717) is 0 Å². The van der Waals surface area contributed by atoms with Crippen LogP contribution in [-0.4, -0.2) is 25.6 Å². The minimum absolute atomic E-state index is 0.785. The molecular weight excluding hydrogens is 112 g/mol. The molecule has 0 amide bonds. The number of hydrazine groups is 1. The third-order valence-electron chi connectivity index (χ3n) is 1.45. The van der Waals surface area contributed by atoms with Crippen molar-refractivity contribution in [3.8, 4) is 0 Å². The predicted molar refractivity (Wildman–Crippen MR) is 41.1 cm³/mol. The molecule has 1 N–H and O–H groups in total. The lowest BCUT2D eigenvalue weighted by atomic mass is 10.1. The van der Waals surface area contributed by atoms with E-state index in [1.165, 1.54) is 6.42 Å². The Kier molecular flexibility index (Phi) is 4.72. The minimum atomic E-state index is 0.785. The van der Waals surface area contributed by atoms with Gasteiger partial charge in [-0.2, -0.15) is 0 Å². The number of nitrogens with zero attached hydrogens (tertiary/aromatic N) is 1. The van der Waals surface area contributed by atoms with Gasteiger partial charge < -0.3 is 0 Å². The molecule has 0 saturated heterocycles. The van der Waals surface area contributed by atoms with Crippen LogP contribution < -0.4 is 5.43 Å². The van der Waals surface area contributed by atoms with Gasteiger partial charge >= 0.3 is 0 Å². The lowest BCUT2D eigenvalue weighted by molar-refractivity contribution is 0.265. The zero-order valence-corrected chi connectivity index (χ0v) is 6.94. The lowest BCUT2D eigenvalue weighted by Crippen LogP contribution is -2.33. The van der Waals surface area contributed by atoms with Crippen LogP contribution in [0.2, 0.25) is 0 Å². The van der Waals surface area contributed by atoms with Gasteiger partial charge in [-0.15, -0.1) is 0 Å². The summed E-state index contributed by atoms with van der Waals surface area (Å²) < 4.78 is 0. The smallest absolute Gasteiger partial charge is 0.0128 e.